The lowest BCUT2D eigenvalue weighted by molar-refractivity contribution is 0.0947. The van der Waals surface area contributed by atoms with Crippen LogP contribution >= 0.6 is 0 Å². The van der Waals surface area contributed by atoms with Gasteiger partial charge < -0.3 is 15.5 Å². The molecule has 0 spiro atoms. The van der Waals surface area contributed by atoms with Gasteiger partial charge in [0.1, 0.15) is 17.8 Å². The summed E-state index contributed by atoms with van der Waals surface area (Å²) in [5, 5.41) is 6.11. The van der Waals surface area contributed by atoms with Crippen molar-refractivity contribution < 1.29 is 4.79 Å². The molecule has 24 heavy (non-hydrogen) atoms. The minimum absolute atomic E-state index is 0.165. The van der Waals surface area contributed by atoms with Crippen LogP contribution in [-0.4, -0.2) is 54.5 Å². The third-order valence-electron chi connectivity index (χ3n) is 3.53. The molecule has 0 aliphatic rings. The monoisotopic (exact) mass is 327 g/mol. The average Bonchev–Trinajstić information content (AvgIpc) is 2.59. The second kappa shape index (κ2) is 9.62. The Kier molecular flexibility index (Phi) is 7.17. The van der Waals surface area contributed by atoms with Crippen LogP contribution in [0.25, 0.3) is 0 Å². The lowest BCUT2D eigenvalue weighted by Crippen LogP contribution is -2.28. The van der Waals surface area contributed by atoms with Crippen LogP contribution < -0.4 is 10.6 Å². The van der Waals surface area contributed by atoms with E-state index in [-0.39, 0.29) is 5.91 Å². The SMILES string of the molecule is CN(C)CCCNC(=O)c1cc(NCCc2ccccc2)ncn1. The number of aromatic nitrogens is 2. The van der Waals surface area contributed by atoms with Crippen molar-refractivity contribution in [3.05, 3.63) is 54.0 Å². The van der Waals surface area contributed by atoms with Gasteiger partial charge >= 0.3 is 0 Å². The summed E-state index contributed by atoms with van der Waals surface area (Å²) >= 11 is 0. The largest absolute Gasteiger partial charge is 0.370 e. The van der Waals surface area contributed by atoms with Gasteiger partial charge in [-0.15, -0.1) is 0 Å². The molecule has 1 aromatic heterocycles. The van der Waals surface area contributed by atoms with Gasteiger partial charge in [-0.3, -0.25) is 4.79 Å². The molecule has 0 aliphatic carbocycles. The van der Waals surface area contributed by atoms with Crippen molar-refractivity contribution >= 4 is 11.7 Å². The highest BCUT2D eigenvalue weighted by Gasteiger charge is 2.08. The van der Waals surface area contributed by atoms with Crippen LogP contribution in [0.3, 0.4) is 0 Å². The summed E-state index contributed by atoms with van der Waals surface area (Å²) < 4.78 is 0. The lowest BCUT2D eigenvalue weighted by Gasteiger charge is -2.10. The van der Waals surface area contributed by atoms with Crippen molar-refractivity contribution in [1.29, 1.82) is 0 Å². The molecule has 2 N–H and O–H groups in total. The molecular formula is C18H25N5O. The van der Waals surface area contributed by atoms with E-state index in [0.29, 0.717) is 18.1 Å². The van der Waals surface area contributed by atoms with E-state index in [2.05, 4.69) is 37.6 Å². The number of anilines is 1. The fourth-order valence-corrected chi connectivity index (χ4v) is 2.25. The predicted octanol–water partition coefficient (Wildman–Crippen LogP) is 1.81. The predicted molar refractivity (Wildman–Crippen MR) is 96.2 cm³/mol. The maximum absolute atomic E-state index is 12.1. The zero-order valence-electron chi connectivity index (χ0n) is 14.3. The van der Waals surface area contributed by atoms with Gasteiger partial charge in [0.05, 0.1) is 0 Å². The van der Waals surface area contributed by atoms with Crippen LogP contribution in [0.2, 0.25) is 0 Å². The summed E-state index contributed by atoms with van der Waals surface area (Å²) in [4.78, 5) is 22.4. The first kappa shape index (κ1) is 17.9. The number of nitrogens with one attached hydrogen (secondary N) is 2. The summed E-state index contributed by atoms with van der Waals surface area (Å²) in [6.07, 6.45) is 3.22. The number of benzene rings is 1. The van der Waals surface area contributed by atoms with Crippen molar-refractivity contribution in [2.24, 2.45) is 0 Å². The minimum Gasteiger partial charge on any atom is -0.370 e. The Hall–Kier alpha value is -2.47. The van der Waals surface area contributed by atoms with Crippen LogP contribution in [0.4, 0.5) is 5.82 Å². The number of rotatable bonds is 9. The molecule has 0 unspecified atom stereocenters. The maximum atomic E-state index is 12.1. The number of carbonyl (C=O) groups excluding carboxylic acids is 1. The molecule has 2 aromatic rings. The number of hydrogen-bond donors (Lipinski definition) is 2. The van der Waals surface area contributed by atoms with Gasteiger partial charge in [-0.1, -0.05) is 30.3 Å². The zero-order valence-corrected chi connectivity index (χ0v) is 14.3. The molecule has 1 aromatic carbocycles. The smallest absolute Gasteiger partial charge is 0.270 e. The summed E-state index contributed by atoms with van der Waals surface area (Å²) in [6, 6.07) is 11.9. The molecule has 6 heteroatoms. The molecule has 0 fully saturated rings. The van der Waals surface area contributed by atoms with E-state index < -0.39 is 0 Å². The molecular weight excluding hydrogens is 302 g/mol. The summed E-state index contributed by atoms with van der Waals surface area (Å²) in [5.41, 5.74) is 1.65. The molecule has 128 valence electrons. The molecule has 0 saturated carbocycles. The maximum Gasteiger partial charge on any atom is 0.270 e. The number of carbonyl (C=O) groups is 1. The Morgan fingerprint density at radius 2 is 1.92 bits per heavy atom. The van der Waals surface area contributed by atoms with Gasteiger partial charge in [0.2, 0.25) is 0 Å². The van der Waals surface area contributed by atoms with Gasteiger partial charge in [0.25, 0.3) is 5.91 Å². The number of nitrogens with zero attached hydrogens (tertiary/aromatic N) is 3. The van der Waals surface area contributed by atoms with Crippen LogP contribution in [0.15, 0.2) is 42.7 Å². The van der Waals surface area contributed by atoms with Crippen molar-refractivity contribution in [1.82, 2.24) is 20.2 Å². The van der Waals surface area contributed by atoms with Crippen LogP contribution in [0, 0.1) is 0 Å². The van der Waals surface area contributed by atoms with Crippen molar-refractivity contribution in [2.45, 2.75) is 12.8 Å². The van der Waals surface area contributed by atoms with Crippen molar-refractivity contribution in [2.75, 3.05) is 39.0 Å². The molecule has 6 nitrogen and oxygen atoms in total. The third-order valence-corrected chi connectivity index (χ3v) is 3.53. The number of amides is 1. The first-order valence-electron chi connectivity index (χ1n) is 8.18. The molecule has 0 aliphatic heterocycles. The Labute approximate surface area is 143 Å². The van der Waals surface area contributed by atoms with E-state index in [4.69, 9.17) is 0 Å². The molecule has 1 heterocycles. The minimum atomic E-state index is -0.165. The fraction of sp³-hybridized carbons (Fsp3) is 0.389. The van der Waals surface area contributed by atoms with Crippen LogP contribution in [-0.2, 0) is 6.42 Å². The summed E-state index contributed by atoms with van der Waals surface area (Å²) in [5.74, 6) is 0.502. The highest BCUT2D eigenvalue weighted by molar-refractivity contribution is 5.92. The van der Waals surface area contributed by atoms with Crippen molar-refractivity contribution in [3.63, 3.8) is 0 Å². The van der Waals surface area contributed by atoms with Crippen LogP contribution in [0.1, 0.15) is 22.5 Å². The molecule has 2 rings (SSSR count). The van der Waals surface area contributed by atoms with E-state index in [1.165, 1.54) is 11.9 Å². The first-order chi connectivity index (χ1) is 11.6. The van der Waals surface area contributed by atoms with E-state index in [0.717, 1.165) is 25.9 Å². The van der Waals surface area contributed by atoms with E-state index in [1.807, 2.05) is 32.3 Å². The molecule has 0 bridgehead atoms. The molecule has 1 amide bonds. The van der Waals surface area contributed by atoms with Gasteiger partial charge in [-0.05, 0) is 39.0 Å². The lowest BCUT2D eigenvalue weighted by atomic mass is 10.1. The second-order valence-electron chi connectivity index (χ2n) is 5.86. The highest BCUT2D eigenvalue weighted by Crippen LogP contribution is 2.05. The molecule has 0 atom stereocenters. The normalized spacial score (nSPS) is 10.6. The van der Waals surface area contributed by atoms with Crippen molar-refractivity contribution in [3.8, 4) is 0 Å². The zero-order chi connectivity index (χ0) is 17.2. The Morgan fingerprint density at radius 1 is 1.12 bits per heavy atom. The van der Waals surface area contributed by atoms with Gasteiger partial charge in [0.15, 0.2) is 0 Å². The van der Waals surface area contributed by atoms with E-state index >= 15 is 0 Å². The molecule has 0 saturated heterocycles. The van der Waals surface area contributed by atoms with E-state index in [1.54, 1.807) is 6.07 Å². The summed E-state index contributed by atoms with van der Waals surface area (Å²) in [7, 11) is 4.03. The quantitative estimate of drug-likeness (QED) is 0.688. The Bertz CT molecular complexity index is 630. The van der Waals surface area contributed by atoms with Gasteiger partial charge in [-0.25, -0.2) is 9.97 Å². The van der Waals surface area contributed by atoms with Gasteiger partial charge in [0, 0.05) is 19.2 Å². The Morgan fingerprint density at radius 3 is 2.67 bits per heavy atom. The average molecular weight is 327 g/mol. The topological polar surface area (TPSA) is 70.2 Å². The first-order valence-corrected chi connectivity index (χ1v) is 8.18. The van der Waals surface area contributed by atoms with Gasteiger partial charge in [-0.2, -0.15) is 0 Å². The highest BCUT2D eigenvalue weighted by atomic mass is 16.1. The van der Waals surface area contributed by atoms with E-state index in [9.17, 15) is 4.79 Å². The fourth-order valence-electron chi connectivity index (χ4n) is 2.25. The second-order valence-corrected chi connectivity index (χ2v) is 5.86. The third kappa shape index (κ3) is 6.34. The standard InChI is InChI=1S/C18H25N5O/c1-23(2)12-6-10-20-18(24)16-13-17(22-14-21-16)19-11-9-15-7-4-3-5-8-15/h3-5,7-8,13-14H,6,9-12H2,1-2H3,(H,20,24)(H,19,21,22). The Balaban J connectivity index is 1.79. The molecule has 0 radical (unpaired) electrons. The van der Waals surface area contributed by atoms with Crippen LogP contribution in [0.5, 0.6) is 0 Å². The number of hydrogen-bond acceptors (Lipinski definition) is 5. The summed E-state index contributed by atoms with van der Waals surface area (Å²) in [6.45, 7) is 2.33.